The topological polar surface area (TPSA) is 184 Å². The molecule has 200 valence electrons. The summed E-state index contributed by atoms with van der Waals surface area (Å²) in [5.41, 5.74) is 0.604. The van der Waals surface area contributed by atoms with Crippen molar-refractivity contribution in [3.8, 4) is 17.2 Å². The molecule has 17 heteroatoms. The summed E-state index contributed by atoms with van der Waals surface area (Å²) in [7, 11) is -7.87. The van der Waals surface area contributed by atoms with E-state index >= 15 is 0 Å². The van der Waals surface area contributed by atoms with Crippen molar-refractivity contribution in [2.24, 2.45) is 0 Å². The minimum atomic E-state index is -4.97. The summed E-state index contributed by atoms with van der Waals surface area (Å²) in [5, 5.41) is 23.9. The molecule has 0 saturated carbocycles. The maximum atomic E-state index is 13.2. The van der Waals surface area contributed by atoms with Crippen LogP contribution in [0.5, 0.6) is 17.2 Å². The van der Waals surface area contributed by atoms with Crippen LogP contribution in [0.25, 0.3) is 0 Å². The molecule has 0 aromatic heterocycles. The van der Waals surface area contributed by atoms with Crippen molar-refractivity contribution in [2.45, 2.75) is 31.4 Å². The van der Waals surface area contributed by atoms with Crippen LogP contribution >= 0.6 is 24.1 Å². The molecule has 0 aliphatic rings. The second-order valence-electron chi connectivity index (χ2n) is 6.88. The summed E-state index contributed by atoms with van der Waals surface area (Å²) >= 11 is 1.05. The number of rotatable bonds is 12. The maximum absolute atomic E-state index is 13.2. The molecule has 3 aromatic carbocycles. The minimum Gasteiger partial charge on any atom is -0.497 e. The third kappa shape index (κ3) is 7.12. The summed E-state index contributed by atoms with van der Waals surface area (Å²) < 4.78 is 80.1. The highest BCUT2D eigenvalue weighted by atomic mass is 32.2. The van der Waals surface area contributed by atoms with E-state index in [9.17, 15) is 21.4 Å². The van der Waals surface area contributed by atoms with Gasteiger partial charge in [0.2, 0.25) is 9.84 Å². The summed E-state index contributed by atoms with van der Waals surface area (Å²) in [6.07, 6.45) is 0. The van der Waals surface area contributed by atoms with Gasteiger partial charge in [0.25, 0.3) is 10.1 Å². The Morgan fingerprint density at radius 3 is 1.97 bits per heavy atom. The van der Waals surface area contributed by atoms with Gasteiger partial charge in [0, 0.05) is 4.90 Å². The van der Waals surface area contributed by atoms with Crippen molar-refractivity contribution in [3.63, 3.8) is 0 Å². The zero-order chi connectivity index (χ0) is 27.2. The van der Waals surface area contributed by atoms with Crippen molar-refractivity contribution in [3.05, 3.63) is 60.2 Å². The first-order chi connectivity index (χ1) is 17.5. The molecule has 0 fully saturated rings. The molecule has 0 amide bonds. The number of sulfone groups is 1. The highest BCUT2D eigenvalue weighted by Crippen LogP contribution is 2.39. The van der Waals surface area contributed by atoms with Gasteiger partial charge in [-0.3, -0.25) is 4.55 Å². The van der Waals surface area contributed by atoms with E-state index in [2.05, 4.69) is 18.7 Å². The summed E-state index contributed by atoms with van der Waals surface area (Å²) in [6.45, 7) is 1.66. The lowest BCUT2D eigenvalue weighted by Gasteiger charge is -2.14. The van der Waals surface area contributed by atoms with E-state index < -0.39 is 35.5 Å². The Bertz CT molecular complexity index is 1470. The van der Waals surface area contributed by atoms with Crippen molar-refractivity contribution in [1.29, 1.82) is 0 Å². The Morgan fingerprint density at radius 2 is 1.35 bits per heavy atom. The molecular weight excluding hydrogens is 576 g/mol. The Kier molecular flexibility index (Phi) is 9.78. The van der Waals surface area contributed by atoms with Crippen LogP contribution in [0.1, 0.15) is 5.56 Å². The molecule has 0 aliphatic carbocycles. The molecule has 0 unspecified atom stereocenters. The van der Waals surface area contributed by atoms with Gasteiger partial charge < -0.3 is 9.47 Å². The number of benzene rings is 3. The third-order valence-electron chi connectivity index (χ3n) is 4.65. The van der Waals surface area contributed by atoms with Crippen LogP contribution in [-0.4, -0.2) is 39.0 Å². The van der Waals surface area contributed by atoms with Crippen LogP contribution in [-0.2, 0) is 38.7 Å². The maximum Gasteiger partial charge on any atom is 0.298 e. The molecule has 0 radical (unpaired) electrons. The Balaban J connectivity index is 2.06. The van der Waals surface area contributed by atoms with E-state index in [-0.39, 0.29) is 15.5 Å². The van der Waals surface area contributed by atoms with E-state index in [4.69, 9.17) is 20.0 Å². The largest absolute Gasteiger partial charge is 0.497 e. The quantitative estimate of drug-likeness (QED) is 0.113. The van der Waals surface area contributed by atoms with Gasteiger partial charge in [-0.1, -0.05) is 16.1 Å². The first-order valence-corrected chi connectivity index (χ1v) is 14.0. The number of methoxy groups -OCH3 is 1. The highest BCUT2D eigenvalue weighted by Gasteiger charge is 2.26. The van der Waals surface area contributed by atoms with E-state index in [1.165, 1.54) is 43.5 Å². The van der Waals surface area contributed by atoms with E-state index in [1.807, 2.05) is 0 Å². The van der Waals surface area contributed by atoms with Gasteiger partial charge in [-0.15, -0.1) is 8.67 Å². The molecule has 13 nitrogen and oxygen atoms in total. The van der Waals surface area contributed by atoms with Crippen molar-refractivity contribution in [1.82, 2.24) is 0 Å². The first kappa shape index (κ1) is 29.1. The standard InChI is InChI=1S/C20H18O13S4/c1-12-3-5-14(10-18(12)34-32-30-21)36(23,24)15-6-8-17(20(11-15)37(25,26)27)29-16-7-4-13(28-2)9-19(16)35-33-31-22/h3-11,21-22H,1-2H3,(H,25,26,27). The number of hydrogen-bond acceptors (Lipinski definition) is 14. The van der Waals surface area contributed by atoms with Gasteiger partial charge in [-0.05, 0) is 61.0 Å². The van der Waals surface area contributed by atoms with Gasteiger partial charge in [0.15, 0.2) is 0 Å². The smallest absolute Gasteiger partial charge is 0.298 e. The molecule has 3 rings (SSSR count). The predicted octanol–water partition coefficient (Wildman–Crippen LogP) is 4.73. The number of ether oxygens (including phenoxy) is 2. The van der Waals surface area contributed by atoms with Gasteiger partial charge in [0.05, 0.1) is 45.9 Å². The number of aryl methyl sites for hydroxylation is 1. The molecule has 0 aliphatic heterocycles. The second-order valence-corrected chi connectivity index (χ2v) is 11.7. The van der Waals surface area contributed by atoms with Crippen LogP contribution in [0, 0.1) is 6.92 Å². The molecule has 3 aromatic rings. The van der Waals surface area contributed by atoms with Gasteiger partial charge >= 0.3 is 0 Å². The average molecular weight is 595 g/mol. The normalized spacial score (nSPS) is 11.9. The average Bonchev–Trinajstić information content (AvgIpc) is 2.86. The van der Waals surface area contributed by atoms with Crippen LogP contribution in [0.2, 0.25) is 0 Å². The molecule has 0 heterocycles. The first-order valence-electron chi connectivity index (χ1n) is 9.64. The third-order valence-corrected chi connectivity index (χ3v) is 8.65. The Labute approximate surface area is 219 Å². The van der Waals surface area contributed by atoms with Crippen molar-refractivity contribution >= 4 is 44.0 Å². The van der Waals surface area contributed by atoms with E-state index in [0.717, 1.165) is 18.2 Å². The fraction of sp³-hybridized carbons (Fsp3) is 0.100. The highest BCUT2D eigenvalue weighted by molar-refractivity contribution is 7.95. The monoisotopic (exact) mass is 594 g/mol. The fourth-order valence-electron chi connectivity index (χ4n) is 2.90. The fourth-order valence-corrected chi connectivity index (χ4v) is 5.94. The zero-order valence-electron chi connectivity index (χ0n) is 18.8. The molecular formula is C20H18O13S4. The van der Waals surface area contributed by atoms with E-state index in [0.29, 0.717) is 40.3 Å². The Hall–Kier alpha value is -2.42. The van der Waals surface area contributed by atoms with Crippen LogP contribution in [0.4, 0.5) is 0 Å². The molecule has 37 heavy (non-hydrogen) atoms. The van der Waals surface area contributed by atoms with Gasteiger partial charge in [-0.2, -0.15) is 8.42 Å². The SMILES string of the molecule is COc1ccc(Oc2ccc(S(=O)(=O)c3ccc(C)c(SOOO)c3)cc2S(=O)(=O)O)c(SOOO)c1. The lowest BCUT2D eigenvalue weighted by atomic mass is 10.2. The predicted molar refractivity (Wildman–Crippen MR) is 127 cm³/mol. The summed E-state index contributed by atoms with van der Waals surface area (Å²) in [4.78, 5) is -1.06. The van der Waals surface area contributed by atoms with Crippen LogP contribution < -0.4 is 9.47 Å². The molecule has 3 N–H and O–H groups in total. The van der Waals surface area contributed by atoms with Crippen LogP contribution in [0.15, 0.2) is 79.1 Å². The summed E-state index contributed by atoms with van der Waals surface area (Å²) in [6, 6.07) is 11.1. The molecule has 0 saturated heterocycles. The minimum absolute atomic E-state index is 0.00494. The molecule has 0 atom stereocenters. The van der Waals surface area contributed by atoms with E-state index in [1.54, 1.807) is 6.92 Å². The van der Waals surface area contributed by atoms with Crippen molar-refractivity contribution < 1.29 is 60.1 Å². The van der Waals surface area contributed by atoms with Gasteiger partial charge in [0.1, 0.15) is 22.1 Å². The second kappa shape index (κ2) is 12.4. The van der Waals surface area contributed by atoms with Crippen molar-refractivity contribution in [2.75, 3.05) is 7.11 Å². The lowest BCUT2D eigenvalue weighted by molar-refractivity contribution is -0.432. The Morgan fingerprint density at radius 1 is 0.757 bits per heavy atom. The number of hydrogen-bond donors (Lipinski definition) is 3. The zero-order valence-corrected chi connectivity index (χ0v) is 22.0. The van der Waals surface area contributed by atoms with Gasteiger partial charge in [-0.25, -0.2) is 18.9 Å². The molecule has 0 spiro atoms. The van der Waals surface area contributed by atoms with Crippen LogP contribution in [0.3, 0.4) is 0 Å². The summed E-state index contributed by atoms with van der Waals surface area (Å²) in [5.74, 6) is -0.0545. The molecule has 0 bridgehead atoms. The lowest BCUT2D eigenvalue weighted by Crippen LogP contribution is -2.07.